The van der Waals surface area contributed by atoms with E-state index in [1.165, 1.54) is 0 Å². The fourth-order valence-corrected chi connectivity index (χ4v) is 0.975. The lowest BCUT2D eigenvalue weighted by Gasteiger charge is -2.29. The van der Waals surface area contributed by atoms with E-state index < -0.39 is 11.4 Å². The van der Waals surface area contributed by atoms with E-state index in [0.29, 0.717) is 12.8 Å². The second-order valence-corrected chi connectivity index (χ2v) is 4.53. The zero-order chi connectivity index (χ0) is 11.4. The predicted octanol–water partition coefficient (Wildman–Crippen LogP) is 1.24. The Kier molecular flexibility index (Phi) is 4.55. The number of nitrogens with two attached hydrogens (primary N) is 1. The van der Waals surface area contributed by atoms with Crippen LogP contribution in [0.4, 0.5) is 0 Å². The van der Waals surface area contributed by atoms with Crippen LogP contribution < -0.4 is 5.73 Å². The van der Waals surface area contributed by atoms with Gasteiger partial charge < -0.3 is 15.6 Å². The van der Waals surface area contributed by atoms with Gasteiger partial charge in [0, 0.05) is 13.7 Å². The number of methoxy groups -OCH3 is 1. The molecule has 0 aromatic heterocycles. The summed E-state index contributed by atoms with van der Waals surface area (Å²) < 4.78 is 5.22. The second-order valence-electron chi connectivity index (χ2n) is 4.53. The number of carboxylic acids is 1. The van der Waals surface area contributed by atoms with Crippen LogP contribution in [-0.2, 0) is 9.53 Å². The van der Waals surface area contributed by atoms with Crippen LogP contribution in [0.5, 0.6) is 0 Å². The molecule has 4 heteroatoms. The SMILES string of the molecule is COC(C)(C)CCC(C)(CN)C(=O)O. The summed E-state index contributed by atoms with van der Waals surface area (Å²) in [4.78, 5) is 10.9. The van der Waals surface area contributed by atoms with Crippen LogP contribution in [0.25, 0.3) is 0 Å². The molecule has 0 spiro atoms. The molecule has 0 bridgehead atoms. The molecule has 3 N–H and O–H groups in total. The minimum atomic E-state index is -0.841. The van der Waals surface area contributed by atoms with E-state index in [1.807, 2.05) is 13.8 Å². The molecule has 0 aliphatic heterocycles. The lowest BCUT2D eigenvalue weighted by atomic mass is 9.82. The molecular weight excluding hydrogens is 182 g/mol. The maximum atomic E-state index is 10.9. The number of hydrogen-bond acceptors (Lipinski definition) is 3. The molecule has 0 aromatic rings. The molecular formula is C10H21NO3. The van der Waals surface area contributed by atoms with Crippen molar-refractivity contribution in [2.24, 2.45) is 11.1 Å². The molecule has 0 saturated carbocycles. The molecule has 1 unspecified atom stereocenters. The van der Waals surface area contributed by atoms with Crippen molar-refractivity contribution in [3.8, 4) is 0 Å². The standard InChI is InChI=1S/C10H21NO3/c1-9(2,14-4)5-6-10(3,7-11)8(12)13/h5-7,11H2,1-4H3,(H,12,13). The van der Waals surface area contributed by atoms with Crippen molar-refractivity contribution in [2.75, 3.05) is 13.7 Å². The first-order valence-electron chi connectivity index (χ1n) is 4.76. The van der Waals surface area contributed by atoms with E-state index in [2.05, 4.69) is 0 Å². The summed E-state index contributed by atoms with van der Waals surface area (Å²) in [5.41, 5.74) is 4.33. The van der Waals surface area contributed by atoms with Gasteiger partial charge in [0.2, 0.25) is 0 Å². The molecule has 0 aliphatic carbocycles. The van der Waals surface area contributed by atoms with Crippen LogP contribution in [0.15, 0.2) is 0 Å². The van der Waals surface area contributed by atoms with Crippen molar-refractivity contribution in [2.45, 2.75) is 39.2 Å². The third kappa shape index (κ3) is 3.64. The number of ether oxygens (including phenoxy) is 1. The molecule has 84 valence electrons. The molecule has 0 aromatic carbocycles. The van der Waals surface area contributed by atoms with Crippen LogP contribution in [0.2, 0.25) is 0 Å². The first kappa shape index (κ1) is 13.4. The Morgan fingerprint density at radius 2 is 1.86 bits per heavy atom. The fourth-order valence-electron chi connectivity index (χ4n) is 0.975. The van der Waals surface area contributed by atoms with Crippen LogP contribution in [0, 0.1) is 5.41 Å². The van der Waals surface area contributed by atoms with Gasteiger partial charge in [-0.05, 0) is 33.6 Å². The van der Waals surface area contributed by atoms with Crippen LogP contribution in [0.3, 0.4) is 0 Å². The zero-order valence-corrected chi connectivity index (χ0v) is 9.46. The van der Waals surface area contributed by atoms with Crippen molar-refractivity contribution in [3.63, 3.8) is 0 Å². The number of aliphatic carboxylic acids is 1. The average molecular weight is 203 g/mol. The van der Waals surface area contributed by atoms with Crippen molar-refractivity contribution in [1.29, 1.82) is 0 Å². The summed E-state index contributed by atoms with van der Waals surface area (Å²) >= 11 is 0. The normalized spacial score (nSPS) is 16.4. The summed E-state index contributed by atoms with van der Waals surface area (Å²) in [6, 6.07) is 0. The lowest BCUT2D eigenvalue weighted by Crippen LogP contribution is -2.38. The van der Waals surface area contributed by atoms with E-state index in [1.54, 1.807) is 14.0 Å². The molecule has 0 amide bonds. The lowest BCUT2D eigenvalue weighted by molar-refractivity contribution is -0.148. The Labute approximate surface area is 85.4 Å². The highest BCUT2D eigenvalue weighted by Crippen LogP contribution is 2.27. The van der Waals surface area contributed by atoms with Gasteiger partial charge in [0.1, 0.15) is 0 Å². The van der Waals surface area contributed by atoms with Crippen molar-refractivity contribution in [1.82, 2.24) is 0 Å². The van der Waals surface area contributed by atoms with E-state index in [-0.39, 0.29) is 12.1 Å². The monoisotopic (exact) mass is 203 g/mol. The highest BCUT2D eigenvalue weighted by molar-refractivity contribution is 5.74. The molecule has 0 fully saturated rings. The maximum Gasteiger partial charge on any atom is 0.310 e. The maximum absolute atomic E-state index is 10.9. The predicted molar refractivity (Wildman–Crippen MR) is 55.1 cm³/mol. The van der Waals surface area contributed by atoms with Gasteiger partial charge in [-0.25, -0.2) is 0 Å². The third-order valence-electron chi connectivity index (χ3n) is 2.80. The summed E-state index contributed by atoms with van der Waals surface area (Å²) in [6.07, 6.45) is 1.21. The van der Waals surface area contributed by atoms with Gasteiger partial charge in [0.05, 0.1) is 11.0 Å². The summed E-state index contributed by atoms with van der Waals surface area (Å²) in [6.45, 7) is 5.70. The number of carbonyl (C=O) groups is 1. The first-order valence-corrected chi connectivity index (χ1v) is 4.76. The first-order chi connectivity index (χ1) is 6.27. The highest BCUT2D eigenvalue weighted by Gasteiger charge is 2.33. The van der Waals surface area contributed by atoms with Crippen molar-refractivity contribution in [3.05, 3.63) is 0 Å². The van der Waals surface area contributed by atoms with E-state index >= 15 is 0 Å². The van der Waals surface area contributed by atoms with Crippen LogP contribution in [-0.4, -0.2) is 30.3 Å². The van der Waals surface area contributed by atoms with E-state index in [4.69, 9.17) is 15.6 Å². The Balaban J connectivity index is 4.29. The third-order valence-corrected chi connectivity index (χ3v) is 2.80. The van der Waals surface area contributed by atoms with E-state index in [9.17, 15) is 4.79 Å². The van der Waals surface area contributed by atoms with Crippen LogP contribution >= 0.6 is 0 Å². The van der Waals surface area contributed by atoms with E-state index in [0.717, 1.165) is 0 Å². The van der Waals surface area contributed by atoms with Gasteiger partial charge in [0.15, 0.2) is 0 Å². The van der Waals surface area contributed by atoms with Crippen molar-refractivity contribution < 1.29 is 14.6 Å². The smallest absolute Gasteiger partial charge is 0.310 e. The number of hydrogen-bond donors (Lipinski definition) is 2. The van der Waals surface area contributed by atoms with Gasteiger partial charge in [-0.15, -0.1) is 0 Å². The molecule has 14 heavy (non-hydrogen) atoms. The molecule has 4 nitrogen and oxygen atoms in total. The second kappa shape index (κ2) is 4.75. The summed E-state index contributed by atoms with van der Waals surface area (Å²) in [5, 5.41) is 8.98. The summed E-state index contributed by atoms with van der Waals surface area (Å²) in [7, 11) is 1.63. The van der Waals surface area contributed by atoms with Crippen LogP contribution in [0.1, 0.15) is 33.6 Å². The average Bonchev–Trinajstić information content (AvgIpc) is 2.14. The minimum absolute atomic E-state index is 0.155. The molecule has 0 saturated heterocycles. The fraction of sp³-hybridized carbons (Fsp3) is 0.900. The number of rotatable bonds is 6. The summed E-state index contributed by atoms with van der Waals surface area (Å²) in [5.74, 6) is -0.841. The van der Waals surface area contributed by atoms with Gasteiger partial charge >= 0.3 is 5.97 Å². The molecule has 0 rings (SSSR count). The Bertz CT molecular complexity index is 204. The van der Waals surface area contributed by atoms with Crippen molar-refractivity contribution >= 4 is 5.97 Å². The Morgan fingerprint density at radius 1 is 1.36 bits per heavy atom. The Morgan fingerprint density at radius 3 is 2.14 bits per heavy atom. The zero-order valence-electron chi connectivity index (χ0n) is 9.46. The number of carboxylic acid groups (broad SMARTS) is 1. The molecule has 1 atom stereocenters. The molecule has 0 radical (unpaired) electrons. The van der Waals surface area contributed by atoms with Gasteiger partial charge in [-0.2, -0.15) is 0 Å². The largest absolute Gasteiger partial charge is 0.481 e. The molecule has 0 aliphatic rings. The van der Waals surface area contributed by atoms with Gasteiger partial charge in [-0.1, -0.05) is 0 Å². The Hall–Kier alpha value is -0.610. The highest BCUT2D eigenvalue weighted by atomic mass is 16.5. The van der Waals surface area contributed by atoms with Gasteiger partial charge in [0.25, 0.3) is 0 Å². The molecule has 0 heterocycles. The van der Waals surface area contributed by atoms with Gasteiger partial charge in [-0.3, -0.25) is 4.79 Å². The topological polar surface area (TPSA) is 72.5 Å². The quantitative estimate of drug-likeness (QED) is 0.681. The minimum Gasteiger partial charge on any atom is -0.481 e.